The molecule has 9 heteroatoms. The molecule has 0 aromatic heterocycles. The summed E-state index contributed by atoms with van der Waals surface area (Å²) < 4.78 is 31.3. The van der Waals surface area contributed by atoms with Crippen LogP contribution in [0.5, 0.6) is 5.75 Å². The van der Waals surface area contributed by atoms with Gasteiger partial charge in [-0.15, -0.1) is 0 Å². The molecule has 186 valence electrons. The van der Waals surface area contributed by atoms with E-state index in [1.807, 2.05) is 31.2 Å². The van der Waals surface area contributed by atoms with Crippen LogP contribution in [0.3, 0.4) is 0 Å². The second-order valence-electron chi connectivity index (χ2n) is 8.12. The molecule has 0 aliphatic heterocycles. The zero-order chi connectivity index (χ0) is 25.3. The van der Waals surface area contributed by atoms with E-state index in [0.29, 0.717) is 17.9 Å². The average Bonchev–Trinajstić information content (AvgIpc) is 2.83. The number of sulfonamides is 1. The maximum absolute atomic E-state index is 13.1. The summed E-state index contributed by atoms with van der Waals surface area (Å²) in [5, 5.41) is 2.59. The number of carbonyl (C=O) groups is 2. The Morgan fingerprint density at radius 1 is 1.03 bits per heavy atom. The molecule has 0 heterocycles. The van der Waals surface area contributed by atoms with Gasteiger partial charge in [0.15, 0.2) is 0 Å². The summed E-state index contributed by atoms with van der Waals surface area (Å²) in [6.45, 7) is 4.14. The molecule has 0 aliphatic rings. The number of likely N-dealkylation sites (N-methyl/N-ethyl adjacent to an activating group) is 1. The molecular formula is C25H35N3O5S. The Hall–Kier alpha value is -3.07. The monoisotopic (exact) mass is 489 g/mol. The number of hydrogen-bond acceptors (Lipinski definition) is 5. The zero-order valence-electron chi connectivity index (χ0n) is 20.6. The third-order valence-corrected chi connectivity index (χ3v) is 6.90. The first-order valence-corrected chi connectivity index (χ1v) is 13.2. The number of aryl methyl sites for hydroxylation is 1. The summed E-state index contributed by atoms with van der Waals surface area (Å²) in [5.74, 6) is 0.214. The Bertz CT molecular complexity index is 1050. The average molecular weight is 490 g/mol. The quantitative estimate of drug-likeness (QED) is 0.495. The SMILES string of the molecule is CCc1ccc(N(CCCC(=O)N(Cc2ccc(OC)cc2)[C@H](C)C(=O)NC)S(C)(=O)=O)cc1. The molecule has 0 bridgehead atoms. The number of nitrogens with zero attached hydrogens (tertiary/aromatic N) is 2. The molecule has 8 nitrogen and oxygen atoms in total. The number of rotatable bonds is 12. The molecule has 0 radical (unpaired) electrons. The van der Waals surface area contributed by atoms with Gasteiger partial charge in [-0.1, -0.05) is 31.2 Å². The molecule has 0 spiro atoms. The second-order valence-corrected chi connectivity index (χ2v) is 10.0. The molecule has 2 aromatic rings. The molecule has 0 fully saturated rings. The van der Waals surface area contributed by atoms with Crippen molar-refractivity contribution in [2.24, 2.45) is 0 Å². The van der Waals surface area contributed by atoms with Crippen LogP contribution < -0.4 is 14.4 Å². The van der Waals surface area contributed by atoms with Crippen molar-refractivity contribution in [3.8, 4) is 5.75 Å². The minimum absolute atomic E-state index is 0.108. The Kier molecular flexibility index (Phi) is 9.92. The fourth-order valence-corrected chi connectivity index (χ4v) is 4.59. The van der Waals surface area contributed by atoms with E-state index in [-0.39, 0.29) is 31.3 Å². The Labute approximate surface area is 202 Å². The van der Waals surface area contributed by atoms with Crippen LogP contribution in [-0.4, -0.2) is 58.1 Å². The number of methoxy groups -OCH3 is 1. The number of hydrogen-bond donors (Lipinski definition) is 1. The lowest BCUT2D eigenvalue weighted by atomic mass is 10.1. The number of amides is 2. The van der Waals surface area contributed by atoms with Crippen LogP contribution in [0, 0.1) is 0 Å². The summed E-state index contributed by atoms with van der Waals surface area (Å²) in [7, 11) is -0.402. The summed E-state index contributed by atoms with van der Waals surface area (Å²) in [6.07, 6.45) is 2.45. The molecule has 2 rings (SSSR count). The van der Waals surface area contributed by atoms with Gasteiger partial charge in [0.25, 0.3) is 0 Å². The van der Waals surface area contributed by atoms with Crippen molar-refractivity contribution in [3.05, 3.63) is 59.7 Å². The lowest BCUT2D eigenvalue weighted by molar-refractivity contribution is -0.140. The normalized spacial score (nSPS) is 12.0. The highest BCUT2D eigenvalue weighted by Crippen LogP contribution is 2.20. The van der Waals surface area contributed by atoms with Gasteiger partial charge in [0.1, 0.15) is 11.8 Å². The molecule has 0 saturated carbocycles. The van der Waals surface area contributed by atoms with E-state index >= 15 is 0 Å². The van der Waals surface area contributed by atoms with Crippen LogP contribution >= 0.6 is 0 Å². The van der Waals surface area contributed by atoms with Gasteiger partial charge in [-0.25, -0.2) is 8.42 Å². The molecule has 1 atom stereocenters. The third-order valence-electron chi connectivity index (χ3n) is 5.71. The van der Waals surface area contributed by atoms with Crippen molar-refractivity contribution >= 4 is 27.5 Å². The van der Waals surface area contributed by atoms with Crippen molar-refractivity contribution in [1.82, 2.24) is 10.2 Å². The van der Waals surface area contributed by atoms with Crippen LogP contribution in [0.1, 0.15) is 37.8 Å². The summed E-state index contributed by atoms with van der Waals surface area (Å²) in [4.78, 5) is 26.9. The number of ether oxygens (including phenoxy) is 1. The van der Waals surface area contributed by atoms with Gasteiger partial charge in [0.05, 0.1) is 19.1 Å². The first kappa shape index (κ1) is 27.2. The molecule has 2 amide bonds. The topological polar surface area (TPSA) is 96.0 Å². The van der Waals surface area contributed by atoms with Gasteiger partial charge in [0.2, 0.25) is 21.8 Å². The van der Waals surface area contributed by atoms with Crippen molar-refractivity contribution in [1.29, 1.82) is 0 Å². The molecule has 2 aromatic carbocycles. The lowest BCUT2D eigenvalue weighted by Crippen LogP contribution is -2.46. The van der Waals surface area contributed by atoms with Crippen LogP contribution in [-0.2, 0) is 32.6 Å². The summed E-state index contributed by atoms with van der Waals surface area (Å²) in [5.41, 5.74) is 2.55. The highest BCUT2D eigenvalue weighted by atomic mass is 32.2. The first-order chi connectivity index (χ1) is 16.1. The van der Waals surface area contributed by atoms with Gasteiger partial charge in [-0.05, 0) is 55.2 Å². The molecule has 1 N–H and O–H groups in total. The fourth-order valence-electron chi connectivity index (χ4n) is 3.62. The van der Waals surface area contributed by atoms with Crippen LogP contribution in [0.2, 0.25) is 0 Å². The molecular weight excluding hydrogens is 454 g/mol. The smallest absolute Gasteiger partial charge is 0.242 e. The van der Waals surface area contributed by atoms with Gasteiger partial charge in [-0.2, -0.15) is 0 Å². The Morgan fingerprint density at radius 3 is 2.12 bits per heavy atom. The molecule has 34 heavy (non-hydrogen) atoms. The van der Waals surface area contributed by atoms with Crippen molar-refractivity contribution < 1.29 is 22.7 Å². The minimum Gasteiger partial charge on any atom is -0.497 e. The zero-order valence-corrected chi connectivity index (χ0v) is 21.4. The predicted octanol–water partition coefficient (Wildman–Crippen LogP) is 2.97. The standard InChI is InChI=1S/C25H35N3O5S/c1-6-20-9-13-22(14-10-20)28(34(5,31)32)17-7-8-24(29)27(19(2)25(30)26-3)18-21-11-15-23(33-4)16-12-21/h9-16,19H,6-8,17-18H2,1-5H3,(H,26,30)/t19-/m1/s1. The van der Waals surface area contributed by atoms with Gasteiger partial charge in [0, 0.05) is 26.6 Å². The van der Waals surface area contributed by atoms with Crippen LogP contribution in [0.25, 0.3) is 0 Å². The number of carbonyl (C=O) groups excluding carboxylic acids is 2. The van der Waals surface area contributed by atoms with E-state index in [1.54, 1.807) is 38.3 Å². The predicted molar refractivity (Wildman–Crippen MR) is 134 cm³/mol. The van der Waals surface area contributed by atoms with E-state index in [9.17, 15) is 18.0 Å². The van der Waals surface area contributed by atoms with Crippen LogP contribution in [0.4, 0.5) is 5.69 Å². The van der Waals surface area contributed by atoms with Crippen molar-refractivity contribution in [2.75, 3.05) is 31.3 Å². The second kappa shape index (κ2) is 12.4. The minimum atomic E-state index is -3.51. The molecule has 0 aliphatic carbocycles. The van der Waals surface area contributed by atoms with Gasteiger partial charge < -0.3 is 15.0 Å². The number of anilines is 1. The van der Waals surface area contributed by atoms with Crippen LogP contribution in [0.15, 0.2) is 48.5 Å². The van der Waals surface area contributed by atoms with Gasteiger partial charge in [-0.3, -0.25) is 13.9 Å². The number of nitrogens with one attached hydrogen (secondary N) is 1. The van der Waals surface area contributed by atoms with E-state index in [0.717, 1.165) is 23.8 Å². The molecule has 0 unspecified atom stereocenters. The summed E-state index contributed by atoms with van der Waals surface area (Å²) >= 11 is 0. The Morgan fingerprint density at radius 2 is 1.62 bits per heavy atom. The van der Waals surface area contributed by atoms with E-state index in [1.165, 1.54) is 16.3 Å². The maximum Gasteiger partial charge on any atom is 0.242 e. The van der Waals surface area contributed by atoms with Gasteiger partial charge >= 0.3 is 0 Å². The lowest BCUT2D eigenvalue weighted by Gasteiger charge is -2.29. The molecule has 0 saturated heterocycles. The van der Waals surface area contributed by atoms with E-state index < -0.39 is 16.1 Å². The number of benzene rings is 2. The third kappa shape index (κ3) is 7.48. The van der Waals surface area contributed by atoms with E-state index in [2.05, 4.69) is 5.32 Å². The van der Waals surface area contributed by atoms with E-state index in [4.69, 9.17) is 4.74 Å². The fraction of sp³-hybridized carbons (Fsp3) is 0.440. The highest BCUT2D eigenvalue weighted by molar-refractivity contribution is 7.92. The summed E-state index contributed by atoms with van der Waals surface area (Å²) in [6, 6.07) is 14.0. The van der Waals surface area contributed by atoms with Crippen molar-refractivity contribution in [3.63, 3.8) is 0 Å². The van der Waals surface area contributed by atoms with Crippen molar-refractivity contribution in [2.45, 2.75) is 45.7 Å². The Balaban J connectivity index is 2.13. The highest BCUT2D eigenvalue weighted by Gasteiger charge is 2.26. The first-order valence-electron chi connectivity index (χ1n) is 11.3. The largest absolute Gasteiger partial charge is 0.497 e. The maximum atomic E-state index is 13.1.